The molecule has 130 valence electrons. The number of nitrogens with zero attached hydrogens (tertiary/aromatic N) is 3. The molecule has 0 atom stereocenters. The third-order valence-corrected chi connectivity index (χ3v) is 3.89. The Hall–Kier alpha value is -1.05. The van der Waals surface area contributed by atoms with Gasteiger partial charge in [0.15, 0.2) is 5.96 Å². The van der Waals surface area contributed by atoms with Crippen LogP contribution in [0.25, 0.3) is 0 Å². The molecule has 0 spiro atoms. The molecular formula is C17H29IN4O. The van der Waals surface area contributed by atoms with E-state index in [1.165, 1.54) is 6.42 Å². The van der Waals surface area contributed by atoms with E-state index in [9.17, 15) is 0 Å². The summed E-state index contributed by atoms with van der Waals surface area (Å²) < 4.78 is 5.50. The van der Waals surface area contributed by atoms with Gasteiger partial charge in [-0.1, -0.05) is 26.8 Å². The molecule has 1 aromatic rings. The average molecular weight is 432 g/mol. The lowest BCUT2D eigenvalue weighted by molar-refractivity contribution is 0.305. The van der Waals surface area contributed by atoms with Gasteiger partial charge in [0, 0.05) is 38.9 Å². The maximum atomic E-state index is 5.50. The van der Waals surface area contributed by atoms with Crippen molar-refractivity contribution in [1.29, 1.82) is 0 Å². The van der Waals surface area contributed by atoms with Crippen molar-refractivity contribution in [3.05, 3.63) is 23.9 Å². The molecule has 1 aromatic heterocycles. The highest BCUT2D eigenvalue weighted by atomic mass is 127. The number of hydrogen-bond donors (Lipinski definition) is 1. The highest BCUT2D eigenvalue weighted by Crippen LogP contribution is 2.28. The maximum Gasteiger partial charge on any atom is 0.213 e. The first-order chi connectivity index (χ1) is 10.5. The number of rotatable bonds is 5. The van der Waals surface area contributed by atoms with E-state index < -0.39 is 0 Å². The van der Waals surface area contributed by atoms with E-state index in [1.54, 1.807) is 0 Å². The van der Waals surface area contributed by atoms with Crippen molar-refractivity contribution < 1.29 is 4.74 Å². The highest BCUT2D eigenvalue weighted by molar-refractivity contribution is 14.0. The largest absolute Gasteiger partial charge is 0.478 e. The molecule has 1 saturated heterocycles. The minimum absolute atomic E-state index is 0. The van der Waals surface area contributed by atoms with Crippen LogP contribution in [-0.2, 0) is 6.54 Å². The van der Waals surface area contributed by atoms with Crippen molar-refractivity contribution in [1.82, 2.24) is 15.2 Å². The average Bonchev–Trinajstić information content (AvgIpc) is 2.87. The van der Waals surface area contributed by atoms with Crippen LogP contribution in [0.2, 0.25) is 0 Å². The SMILES string of the molecule is CCCOc1ccc(CNC(=NC)N2CCC(C)(C)C2)cn1.I. The number of hydrogen-bond acceptors (Lipinski definition) is 3. The molecule has 6 heteroatoms. The first kappa shape index (κ1) is 20.0. The van der Waals surface area contributed by atoms with E-state index in [0.29, 0.717) is 17.9 Å². The molecule has 1 N–H and O–H groups in total. The molecule has 2 rings (SSSR count). The lowest BCUT2D eigenvalue weighted by Gasteiger charge is -2.23. The summed E-state index contributed by atoms with van der Waals surface area (Å²) in [5.74, 6) is 1.66. The summed E-state index contributed by atoms with van der Waals surface area (Å²) in [6.45, 7) is 10.2. The number of nitrogens with one attached hydrogen (secondary N) is 1. The van der Waals surface area contributed by atoms with Gasteiger partial charge in [-0.05, 0) is 23.8 Å². The van der Waals surface area contributed by atoms with E-state index in [4.69, 9.17) is 4.74 Å². The molecular weight excluding hydrogens is 403 g/mol. The first-order valence-electron chi connectivity index (χ1n) is 8.07. The molecule has 0 aliphatic carbocycles. The second kappa shape index (κ2) is 9.30. The Bertz CT molecular complexity index is 502. The van der Waals surface area contributed by atoms with Crippen LogP contribution < -0.4 is 10.1 Å². The van der Waals surface area contributed by atoms with E-state index in [-0.39, 0.29) is 24.0 Å². The maximum absolute atomic E-state index is 5.50. The lowest BCUT2D eigenvalue weighted by atomic mass is 9.93. The molecule has 0 bridgehead atoms. The van der Waals surface area contributed by atoms with Crippen molar-refractivity contribution in [3.8, 4) is 5.88 Å². The molecule has 1 aliphatic rings. The van der Waals surface area contributed by atoms with Crippen molar-refractivity contribution in [2.45, 2.75) is 40.2 Å². The van der Waals surface area contributed by atoms with Gasteiger partial charge in [-0.15, -0.1) is 24.0 Å². The van der Waals surface area contributed by atoms with Crippen LogP contribution in [0.4, 0.5) is 0 Å². The summed E-state index contributed by atoms with van der Waals surface area (Å²) in [7, 11) is 1.84. The number of ether oxygens (including phenoxy) is 1. The zero-order chi connectivity index (χ0) is 16.0. The minimum atomic E-state index is 0. The van der Waals surface area contributed by atoms with Gasteiger partial charge in [0.25, 0.3) is 0 Å². The smallest absolute Gasteiger partial charge is 0.213 e. The Morgan fingerprint density at radius 3 is 2.74 bits per heavy atom. The van der Waals surface area contributed by atoms with Gasteiger partial charge in [0.1, 0.15) is 0 Å². The summed E-state index contributed by atoms with van der Waals surface area (Å²) in [5, 5.41) is 3.42. The monoisotopic (exact) mass is 432 g/mol. The molecule has 1 fully saturated rings. The first-order valence-corrected chi connectivity index (χ1v) is 8.07. The van der Waals surface area contributed by atoms with Crippen LogP contribution >= 0.6 is 24.0 Å². The summed E-state index contributed by atoms with van der Waals surface area (Å²) in [6, 6.07) is 3.97. The molecule has 0 amide bonds. The van der Waals surface area contributed by atoms with Gasteiger partial charge in [0.05, 0.1) is 6.61 Å². The molecule has 5 nitrogen and oxygen atoms in total. The fourth-order valence-corrected chi connectivity index (χ4v) is 2.61. The standard InChI is InChI=1S/C17H28N4O.HI/c1-5-10-22-15-7-6-14(11-19-15)12-20-16(18-4)21-9-8-17(2,3)13-21;/h6-7,11H,5,8-10,12-13H2,1-4H3,(H,18,20);1H. The predicted molar refractivity (Wildman–Crippen MR) is 106 cm³/mol. The van der Waals surface area contributed by atoms with Crippen LogP contribution in [0.1, 0.15) is 39.2 Å². The summed E-state index contributed by atoms with van der Waals surface area (Å²) in [4.78, 5) is 11.0. The fourth-order valence-electron chi connectivity index (χ4n) is 2.61. The van der Waals surface area contributed by atoms with E-state index in [0.717, 1.165) is 37.6 Å². The molecule has 0 saturated carbocycles. The van der Waals surface area contributed by atoms with Gasteiger partial charge < -0.3 is 15.0 Å². The minimum Gasteiger partial charge on any atom is -0.478 e. The molecule has 1 aliphatic heterocycles. The Morgan fingerprint density at radius 1 is 1.43 bits per heavy atom. The van der Waals surface area contributed by atoms with Crippen LogP contribution in [0.5, 0.6) is 5.88 Å². The lowest BCUT2D eigenvalue weighted by Crippen LogP contribution is -2.40. The third kappa shape index (κ3) is 6.16. The zero-order valence-electron chi connectivity index (χ0n) is 14.6. The normalized spacial score (nSPS) is 16.9. The Kier molecular flexibility index (Phi) is 8.08. The van der Waals surface area contributed by atoms with Crippen molar-refractivity contribution in [2.75, 3.05) is 26.7 Å². The fraction of sp³-hybridized carbons (Fsp3) is 0.647. The summed E-state index contributed by atoms with van der Waals surface area (Å²) in [5.41, 5.74) is 1.50. The van der Waals surface area contributed by atoms with Gasteiger partial charge in [0.2, 0.25) is 5.88 Å². The van der Waals surface area contributed by atoms with Crippen molar-refractivity contribution in [3.63, 3.8) is 0 Å². The second-order valence-corrected chi connectivity index (χ2v) is 6.59. The Balaban J connectivity index is 0.00000264. The van der Waals surface area contributed by atoms with E-state index in [1.807, 2.05) is 25.4 Å². The van der Waals surface area contributed by atoms with Gasteiger partial charge in [-0.2, -0.15) is 0 Å². The van der Waals surface area contributed by atoms with Crippen LogP contribution in [0.15, 0.2) is 23.3 Å². The number of guanidine groups is 1. The van der Waals surface area contributed by atoms with Gasteiger partial charge >= 0.3 is 0 Å². The molecule has 2 heterocycles. The Labute approximate surface area is 156 Å². The second-order valence-electron chi connectivity index (χ2n) is 6.59. The summed E-state index contributed by atoms with van der Waals surface area (Å²) >= 11 is 0. The van der Waals surface area contributed by atoms with Crippen LogP contribution in [0.3, 0.4) is 0 Å². The van der Waals surface area contributed by atoms with Gasteiger partial charge in [-0.3, -0.25) is 4.99 Å². The molecule has 0 unspecified atom stereocenters. The topological polar surface area (TPSA) is 49.8 Å². The van der Waals surface area contributed by atoms with Crippen molar-refractivity contribution >= 4 is 29.9 Å². The van der Waals surface area contributed by atoms with Crippen LogP contribution in [-0.4, -0.2) is 42.6 Å². The summed E-state index contributed by atoms with van der Waals surface area (Å²) in [6.07, 6.45) is 4.06. The third-order valence-electron chi connectivity index (χ3n) is 3.89. The quantitative estimate of drug-likeness (QED) is 0.441. The molecule has 0 radical (unpaired) electrons. The Morgan fingerprint density at radius 2 is 2.22 bits per heavy atom. The van der Waals surface area contributed by atoms with E-state index in [2.05, 4.69) is 41.0 Å². The predicted octanol–water partition coefficient (Wildman–Crippen LogP) is 3.30. The molecule has 23 heavy (non-hydrogen) atoms. The number of halogens is 1. The van der Waals surface area contributed by atoms with Crippen LogP contribution in [0, 0.1) is 5.41 Å². The number of aliphatic imine (C=N–C) groups is 1. The number of pyridine rings is 1. The van der Waals surface area contributed by atoms with E-state index >= 15 is 0 Å². The number of aromatic nitrogens is 1. The van der Waals surface area contributed by atoms with Gasteiger partial charge in [-0.25, -0.2) is 4.98 Å². The number of likely N-dealkylation sites (tertiary alicyclic amines) is 1. The van der Waals surface area contributed by atoms with Crippen molar-refractivity contribution in [2.24, 2.45) is 10.4 Å². The molecule has 0 aromatic carbocycles. The zero-order valence-corrected chi connectivity index (χ0v) is 17.0. The highest BCUT2D eigenvalue weighted by Gasteiger charge is 2.30.